The number of anilines is 3. The Morgan fingerprint density at radius 1 is 0.873 bits per heavy atom. The monoisotopic (exact) mass is 743 g/mol. The zero-order valence-electron chi connectivity index (χ0n) is 30.4. The maximum absolute atomic E-state index is 14.1. The van der Waals surface area contributed by atoms with Crippen LogP contribution >= 0.6 is 0 Å². The number of nitrogens with one attached hydrogen (secondary N) is 2. The number of imidazole rings is 1. The Morgan fingerprint density at radius 3 is 2.60 bits per heavy atom. The van der Waals surface area contributed by atoms with Gasteiger partial charge in [0.15, 0.2) is 5.65 Å². The molecule has 2 aromatic carbocycles. The highest BCUT2D eigenvalue weighted by molar-refractivity contribution is 6.04. The Hall–Kier alpha value is -5.89. The Morgan fingerprint density at radius 2 is 1.75 bits per heavy atom. The molecular weight excluding hydrogens is 702 g/mol. The Balaban J connectivity index is 0.831. The summed E-state index contributed by atoms with van der Waals surface area (Å²) in [6, 6.07) is 21.9. The van der Waals surface area contributed by atoms with E-state index in [9.17, 15) is 18.8 Å². The van der Waals surface area contributed by atoms with Gasteiger partial charge >= 0.3 is 0 Å². The maximum atomic E-state index is 14.1. The molecule has 3 aromatic heterocycles. The first kappa shape index (κ1) is 34.9. The molecule has 9 rings (SSSR count). The number of carbonyl (C=O) groups excluding carboxylic acids is 3. The van der Waals surface area contributed by atoms with E-state index in [1.165, 1.54) is 11.0 Å². The van der Waals surface area contributed by atoms with Crippen LogP contribution in [0.25, 0.3) is 17.0 Å². The second-order valence-corrected chi connectivity index (χ2v) is 14.8. The number of fused-ring (bicyclic) bond motifs is 2. The van der Waals surface area contributed by atoms with Gasteiger partial charge in [-0.1, -0.05) is 18.2 Å². The summed E-state index contributed by atoms with van der Waals surface area (Å²) in [5.41, 5.74) is 5.51. The van der Waals surface area contributed by atoms with Crippen LogP contribution in [0.3, 0.4) is 0 Å². The maximum Gasteiger partial charge on any atom is 0.256 e. The van der Waals surface area contributed by atoms with Crippen molar-refractivity contribution in [2.24, 2.45) is 5.92 Å². The quantitative estimate of drug-likeness (QED) is 0.201. The van der Waals surface area contributed by atoms with Gasteiger partial charge in [0.2, 0.25) is 11.8 Å². The van der Waals surface area contributed by atoms with Crippen molar-refractivity contribution in [3.05, 3.63) is 102 Å². The molecule has 0 aliphatic carbocycles. The lowest BCUT2D eigenvalue weighted by Gasteiger charge is -2.33. The lowest BCUT2D eigenvalue weighted by Crippen LogP contribution is -2.54. The molecule has 14 heteroatoms. The van der Waals surface area contributed by atoms with Gasteiger partial charge in [0.25, 0.3) is 5.91 Å². The molecule has 2 N–H and O–H groups in total. The van der Waals surface area contributed by atoms with Crippen molar-refractivity contribution in [1.82, 2.24) is 29.8 Å². The van der Waals surface area contributed by atoms with Gasteiger partial charge in [0, 0.05) is 43.9 Å². The minimum Gasteiger partial charge on any atom is -0.385 e. The standard InChI is InChI=1S/C41H42FN9O4/c42-29-5-1-4-27(20-29)33-7-3-17-49(33)38-13-12-36-44-23-35(51(36)47-38)32-6-2-8-37(45-32)48-18-15-26(16-19-48)22-43-30-9-10-31-28(21-30)24-55-25-50(41(31)54)34-11-14-39(52)46-40(34)53/h1-2,4-6,8-10,12-13,20-21,23,26,33-34,43H,3,7,11,14-19,22,24-25H2,(H,46,52,53)/t33-,34?/m1/s1. The largest absolute Gasteiger partial charge is 0.385 e. The number of rotatable bonds is 8. The number of benzene rings is 2. The summed E-state index contributed by atoms with van der Waals surface area (Å²) in [5, 5.41) is 10.9. The molecule has 55 heavy (non-hydrogen) atoms. The van der Waals surface area contributed by atoms with Crippen LogP contribution in [-0.4, -0.2) is 81.2 Å². The van der Waals surface area contributed by atoms with Gasteiger partial charge in [0.05, 0.1) is 24.5 Å². The summed E-state index contributed by atoms with van der Waals surface area (Å²) in [6.45, 7) is 3.64. The summed E-state index contributed by atoms with van der Waals surface area (Å²) in [7, 11) is 0. The van der Waals surface area contributed by atoms with E-state index in [4.69, 9.17) is 14.8 Å². The summed E-state index contributed by atoms with van der Waals surface area (Å²) in [5.74, 6) is 0.939. The third kappa shape index (κ3) is 6.97. The summed E-state index contributed by atoms with van der Waals surface area (Å²) in [6.07, 6.45) is 6.25. The van der Waals surface area contributed by atoms with Crippen molar-refractivity contribution in [3.63, 3.8) is 0 Å². The zero-order valence-corrected chi connectivity index (χ0v) is 30.4. The zero-order chi connectivity index (χ0) is 37.5. The molecule has 3 fully saturated rings. The molecule has 0 spiro atoms. The van der Waals surface area contributed by atoms with Gasteiger partial charge in [-0.05, 0) is 104 Å². The highest BCUT2D eigenvalue weighted by Crippen LogP contribution is 2.36. The van der Waals surface area contributed by atoms with E-state index in [-0.39, 0.29) is 49.9 Å². The van der Waals surface area contributed by atoms with E-state index in [1.807, 2.05) is 53.2 Å². The molecule has 13 nitrogen and oxygen atoms in total. The average molecular weight is 744 g/mol. The van der Waals surface area contributed by atoms with Gasteiger partial charge in [-0.25, -0.2) is 18.9 Å². The normalized spacial score (nSPS) is 20.8. The molecule has 0 saturated carbocycles. The molecule has 282 valence electrons. The van der Waals surface area contributed by atoms with Crippen molar-refractivity contribution in [2.75, 3.05) is 48.0 Å². The molecule has 2 atom stereocenters. The van der Waals surface area contributed by atoms with Crippen LogP contribution in [0.2, 0.25) is 0 Å². The van der Waals surface area contributed by atoms with Crippen molar-refractivity contribution in [1.29, 1.82) is 0 Å². The summed E-state index contributed by atoms with van der Waals surface area (Å²) in [4.78, 5) is 53.2. The number of pyridine rings is 1. The number of hydrogen-bond acceptors (Lipinski definition) is 10. The number of amides is 3. The second-order valence-electron chi connectivity index (χ2n) is 14.8. The molecule has 0 radical (unpaired) electrons. The van der Waals surface area contributed by atoms with E-state index < -0.39 is 11.9 Å². The van der Waals surface area contributed by atoms with Gasteiger partial charge in [-0.15, -0.1) is 5.10 Å². The fourth-order valence-electron chi connectivity index (χ4n) is 8.37. The first-order valence-electron chi connectivity index (χ1n) is 19.1. The molecule has 5 aromatic rings. The highest BCUT2D eigenvalue weighted by atomic mass is 19.1. The van der Waals surface area contributed by atoms with E-state index in [1.54, 1.807) is 18.2 Å². The number of nitrogens with zero attached hydrogens (tertiary/aromatic N) is 7. The summed E-state index contributed by atoms with van der Waals surface area (Å²) >= 11 is 0. The smallest absolute Gasteiger partial charge is 0.256 e. The van der Waals surface area contributed by atoms with E-state index >= 15 is 0 Å². The first-order chi connectivity index (χ1) is 26.9. The number of aromatic nitrogens is 4. The SMILES string of the molecule is O=C1CCC(N2COCc3cc(NCC4CCN(c5cccc(-c6cnc7ccc(N8CCC[C@@H]8c8cccc(F)c8)nn67)n5)CC4)ccc3C2=O)C(=O)N1. The lowest BCUT2D eigenvalue weighted by molar-refractivity contribution is -0.138. The predicted molar refractivity (Wildman–Crippen MR) is 204 cm³/mol. The van der Waals surface area contributed by atoms with Gasteiger partial charge < -0.3 is 24.8 Å². The van der Waals surface area contributed by atoms with Crippen LogP contribution in [0.4, 0.5) is 21.7 Å². The van der Waals surface area contributed by atoms with Crippen molar-refractivity contribution >= 4 is 40.7 Å². The first-order valence-corrected chi connectivity index (χ1v) is 19.1. The molecule has 3 saturated heterocycles. The minimum absolute atomic E-state index is 0.00577. The van der Waals surface area contributed by atoms with Gasteiger partial charge in [-0.3, -0.25) is 19.7 Å². The molecule has 4 aliphatic heterocycles. The predicted octanol–water partition coefficient (Wildman–Crippen LogP) is 5.34. The molecular formula is C41H42FN9O4. The number of ether oxygens (including phenoxy) is 1. The highest BCUT2D eigenvalue weighted by Gasteiger charge is 2.37. The van der Waals surface area contributed by atoms with Gasteiger partial charge in [0.1, 0.15) is 35.9 Å². The van der Waals surface area contributed by atoms with Crippen LogP contribution in [0.5, 0.6) is 0 Å². The van der Waals surface area contributed by atoms with Crippen molar-refractivity contribution in [3.8, 4) is 11.4 Å². The van der Waals surface area contributed by atoms with Crippen LogP contribution in [0.15, 0.2) is 79.0 Å². The molecule has 0 bridgehead atoms. The number of carbonyl (C=O) groups is 3. The third-order valence-electron chi connectivity index (χ3n) is 11.3. The topological polar surface area (TPSA) is 137 Å². The number of halogens is 1. The van der Waals surface area contributed by atoms with Crippen molar-refractivity contribution in [2.45, 2.75) is 57.2 Å². The number of piperidine rings is 2. The van der Waals surface area contributed by atoms with Crippen LogP contribution in [-0.2, 0) is 20.9 Å². The van der Waals surface area contributed by atoms with E-state index in [0.717, 1.165) is 97.3 Å². The summed E-state index contributed by atoms with van der Waals surface area (Å²) < 4.78 is 21.8. The molecule has 7 heterocycles. The Bertz CT molecular complexity index is 2270. The fourth-order valence-corrected chi connectivity index (χ4v) is 8.37. The Kier molecular flexibility index (Phi) is 9.34. The molecule has 3 amide bonds. The average Bonchev–Trinajstić information content (AvgIpc) is 3.84. The number of hydrogen-bond donors (Lipinski definition) is 2. The van der Waals surface area contributed by atoms with Crippen LogP contribution in [0.1, 0.15) is 66.1 Å². The molecule has 1 unspecified atom stereocenters. The second kappa shape index (κ2) is 14.7. The lowest BCUT2D eigenvalue weighted by atomic mass is 9.96. The third-order valence-corrected chi connectivity index (χ3v) is 11.3. The Labute approximate surface area is 317 Å². The number of imide groups is 1. The van der Waals surface area contributed by atoms with Crippen LogP contribution < -0.4 is 20.4 Å². The van der Waals surface area contributed by atoms with Crippen LogP contribution in [0, 0.1) is 11.7 Å². The minimum atomic E-state index is -0.725. The van der Waals surface area contributed by atoms with E-state index in [0.29, 0.717) is 11.5 Å². The molecule has 4 aliphatic rings. The van der Waals surface area contributed by atoms with Crippen molar-refractivity contribution < 1.29 is 23.5 Å². The van der Waals surface area contributed by atoms with E-state index in [2.05, 4.69) is 31.5 Å². The fraction of sp³-hybridized carbons (Fsp3) is 0.366. The van der Waals surface area contributed by atoms with Gasteiger partial charge in [-0.2, -0.15) is 0 Å².